The van der Waals surface area contributed by atoms with Gasteiger partial charge in [-0.15, -0.1) is 0 Å². The van der Waals surface area contributed by atoms with Crippen LogP contribution in [0, 0.1) is 0 Å². The lowest BCUT2D eigenvalue weighted by Crippen LogP contribution is -2.11. The van der Waals surface area contributed by atoms with Gasteiger partial charge in [0.25, 0.3) is 0 Å². The minimum absolute atomic E-state index is 0.0258. The number of carbonyl (C=O) groups excluding carboxylic acids is 2. The second-order valence-electron chi connectivity index (χ2n) is 4.31. The third-order valence-corrected chi connectivity index (χ3v) is 2.76. The summed E-state index contributed by atoms with van der Waals surface area (Å²) in [4.78, 5) is 26.4. The maximum atomic E-state index is 11.2. The first kappa shape index (κ1) is 14.5. The molecule has 2 N–H and O–H groups in total. The molecule has 0 fully saturated rings. The van der Waals surface area contributed by atoms with Crippen LogP contribution in [0.3, 0.4) is 0 Å². The number of carbonyl (C=O) groups is 2. The molecular formula is C15H15N3O3. The van der Waals surface area contributed by atoms with Crippen LogP contribution in [0.15, 0.2) is 42.6 Å². The summed E-state index contributed by atoms with van der Waals surface area (Å²) in [5.41, 5.74) is 2.02. The largest absolute Gasteiger partial charge is 0.453 e. The van der Waals surface area contributed by atoms with Crippen molar-refractivity contribution in [3.8, 4) is 0 Å². The number of nitrogens with zero attached hydrogens (tertiary/aromatic N) is 1. The molecular weight excluding hydrogens is 270 g/mol. The van der Waals surface area contributed by atoms with Crippen LogP contribution in [0.4, 0.5) is 22.0 Å². The summed E-state index contributed by atoms with van der Waals surface area (Å²) in [6, 6.07) is 10.5. The van der Waals surface area contributed by atoms with Crippen molar-refractivity contribution in [1.82, 2.24) is 4.98 Å². The van der Waals surface area contributed by atoms with E-state index < -0.39 is 6.09 Å². The summed E-state index contributed by atoms with van der Waals surface area (Å²) in [7, 11) is 1.30. The number of Topliss-reactive ketones (excluding diaryl/α,β-unsaturated/α-hetero) is 1. The topological polar surface area (TPSA) is 80.3 Å². The van der Waals surface area contributed by atoms with Crippen molar-refractivity contribution in [2.75, 3.05) is 17.7 Å². The molecule has 0 atom stereocenters. The highest BCUT2D eigenvalue weighted by atomic mass is 16.5. The number of rotatable bonds is 4. The molecule has 2 aromatic rings. The van der Waals surface area contributed by atoms with Crippen molar-refractivity contribution in [3.05, 3.63) is 48.2 Å². The minimum Gasteiger partial charge on any atom is -0.453 e. The summed E-state index contributed by atoms with van der Waals surface area (Å²) in [5, 5.41) is 5.61. The number of methoxy groups -OCH3 is 1. The molecule has 0 aliphatic rings. The number of nitrogens with one attached hydrogen (secondary N) is 2. The van der Waals surface area contributed by atoms with E-state index in [-0.39, 0.29) is 5.78 Å². The molecule has 0 unspecified atom stereocenters. The predicted molar refractivity (Wildman–Crippen MR) is 80.0 cm³/mol. The predicted octanol–water partition coefficient (Wildman–Crippen LogP) is 3.21. The normalized spacial score (nSPS) is 9.81. The first-order valence-electron chi connectivity index (χ1n) is 6.27. The summed E-state index contributed by atoms with van der Waals surface area (Å²) in [6.07, 6.45) is 0.973. The lowest BCUT2D eigenvalue weighted by Gasteiger charge is -2.07. The van der Waals surface area contributed by atoms with Gasteiger partial charge in [-0.05, 0) is 43.3 Å². The number of ether oxygens (including phenoxy) is 1. The molecule has 1 aromatic heterocycles. The van der Waals surface area contributed by atoms with Gasteiger partial charge in [0.15, 0.2) is 5.78 Å². The third kappa shape index (κ3) is 4.04. The van der Waals surface area contributed by atoms with E-state index in [4.69, 9.17) is 0 Å². The fourth-order valence-electron chi connectivity index (χ4n) is 1.65. The SMILES string of the molecule is COC(=O)Nc1ccc(Nc2ccc(C(C)=O)cc2)nc1. The van der Waals surface area contributed by atoms with Crippen molar-refractivity contribution in [2.45, 2.75) is 6.92 Å². The zero-order valence-electron chi connectivity index (χ0n) is 11.7. The molecule has 0 bridgehead atoms. The fourth-order valence-corrected chi connectivity index (χ4v) is 1.65. The van der Waals surface area contributed by atoms with Gasteiger partial charge in [0, 0.05) is 11.3 Å². The van der Waals surface area contributed by atoms with Gasteiger partial charge in [0.2, 0.25) is 0 Å². The van der Waals surface area contributed by atoms with Gasteiger partial charge in [0.05, 0.1) is 19.0 Å². The zero-order chi connectivity index (χ0) is 15.2. The Morgan fingerprint density at radius 2 is 1.71 bits per heavy atom. The van der Waals surface area contributed by atoms with E-state index >= 15 is 0 Å². The van der Waals surface area contributed by atoms with Crippen LogP contribution >= 0.6 is 0 Å². The first-order valence-corrected chi connectivity index (χ1v) is 6.27. The average molecular weight is 285 g/mol. The standard InChI is InChI=1S/C15H15N3O3/c1-10(19)11-3-5-12(6-4-11)17-14-8-7-13(9-16-14)18-15(20)21-2/h3-9H,1-2H3,(H,16,17)(H,18,20). The van der Waals surface area contributed by atoms with Crippen LogP contribution in [0.2, 0.25) is 0 Å². The Labute approximate surface area is 122 Å². The molecule has 2 rings (SSSR count). The lowest BCUT2D eigenvalue weighted by molar-refractivity contribution is 0.101. The highest BCUT2D eigenvalue weighted by Crippen LogP contribution is 2.17. The van der Waals surface area contributed by atoms with Gasteiger partial charge in [-0.25, -0.2) is 9.78 Å². The summed E-state index contributed by atoms with van der Waals surface area (Å²) in [5.74, 6) is 0.652. The zero-order valence-corrected chi connectivity index (χ0v) is 11.7. The fraction of sp³-hybridized carbons (Fsp3) is 0.133. The van der Waals surface area contributed by atoms with Crippen LogP contribution in [0.1, 0.15) is 17.3 Å². The number of anilines is 3. The Bertz CT molecular complexity index is 636. The number of ketones is 1. The van der Waals surface area contributed by atoms with Gasteiger partial charge < -0.3 is 10.1 Å². The maximum absolute atomic E-state index is 11.2. The molecule has 108 valence electrons. The highest BCUT2D eigenvalue weighted by molar-refractivity contribution is 5.94. The molecule has 6 heteroatoms. The van der Waals surface area contributed by atoms with Crippen LogP contribution in [0.5, 0.6) is 0 Å². The van der Waals surface area contributed by atoms with Gasteiger partial charge in [-0.1, -0.05) is 0 Å². The number of benzene rings is 1. The van der Waals surface area contributed by atoms with Crippen molar-refractivity contribution in [2.24, 2.45) is 0 Å². The Morgan fingerprint density at radius 1 is 1.05 bits per heavy atom. The molecule has 0 saturated carbocycles. The van der Waals surface area contributed by atoms with Gasteiger partial charge in [-0.2, -0.15) is 0 Å². The van der Waals surface area contributed by atoms with E-state index in [0.717, 1.165) is 5.69 Å². The highest BCUT2D eigenvalue weighted by Gasteiger charge is 2.02. The van der Waals surface area contributed by atoms with E-state index in [1.807, 2.05) is 0 Å². The summed E-state index contributed by atoms with van der Waals surface area (Å²) in [6.45, 7) is 1.52. The van der Waals surface area contributed by atoms with E-state index in [9.17, 15) is 9.59 Å². The smallest absolute Gasteiger partial charge is 0.411 e. The van der Waals surface area contributed by atoms with Crippen LogP contribution in [0.25, 0.3) is 0 Å². The molecule has 1 aromatic carbocycles. The molecule has 0 aliphatic carbocycles. The summed E-state index contributed by atoms with van der Waals surface area (Å²) >= 11 is 0. The monoisotopic (exact) mass is 285 g/mol. The van der Waals surface area contributed by atoms with E-state index in [1.165, 1.54) is 20.2 Å². The van der Waals surface area contributed by atoms with E-state index in [1.54, 1.807) is 36.4 Å². The third-order valence-electron chi connectivity index (χ3n) is 2.76. The molecule has 1 heterocycles. The Hall–Kier alpha value is -2.89. The number of hydrogen-bond donors (Lipinski definition) is 2. The number of pyridine rings is 1. The second kappa shape index (κ2) is 6.51. The summed E-state index contributed by atoms with van der Waals surface area (Å²) < 4.78 is 4.49. The molecule has 0 radical (unpaired) electrons. The maximum Gasteiger partial charge on any atom is 0.411 e. The van der Waals surface area contributed by atoms with Crippen molar-refractivity contribution < 1.29 is 14.3 Å². The van der Waals surface area contributed by atoms with Gasteiger partial charge in [0.1, 0.15) is 5.82 Å². The van der Waals surface area contributed by atoms with Crippen molar-refractivity contribution >= 4 is 29.1 Å². The van der Waals surface area contributed by atoms with Crippen LogP contribution < -0.4 is 10.6 Å². The average Bonchev–Trinajstić information content (AvgIpc) is 2.49. The van der Waals surface area contributed by atoms with Gasteiger partial charge >= 0.3 is 6.09 Å². The first-order chi connectivity index (χ1) is 10.1. The van der Waals surface area contributed by atoms with E-state index in [2.05, 4.69) is 20.4 Å². The van der Waals surface area contributed by atoms with Gasteiger partial charge in [-0.3, -0.25) is 10.1 Å². The molecule has 1 amide bonds. The Kier molecular flexibility index (Phi) is 4.50. The van der Waals surface area contributed by atoms with E-state index in [0.29, 0.717) is 17.1 Å². The minimum atomic E-state index is -0.544. The van der Waals surface area contributed by atoms with Crippen molar-refractivity contribution in [3.63, 3.8) is 0 Å². The van der Waals surface area contributed by atoms with Crippen LogP contribution in [-0.2, 0) is 4.74 Å². The van der Waals surface area contributed by atoms with Crippen molar-refractivity contribution in [1.29, 1.82) is 0 Å². The van der Waals surface area contributed by atoms with Crippen LogP contribution in [-0.4, -0.2) is 24.0 Å². The molecule has 0 saturated heterocycles. The second-order valence-corrected chi connectivity index (χ2v) is 4.31. The molecule has 0 aliphatic heterocycles. The Morgan fingerprint density at radius 3 is 2.24 bits per heavy atom. The lowest BCUT2D eigenvalue weighted by atomic mass is 10.1. The number of hydrogen-bond acceptors (Lipinski definition) is 5. The molecule has 21 heavy (non-hydrogen) atoms. The number of amides is 1. The molecule has 0 spiro atoms. The Balaban J connectivity index is 2.02. The quantitative estimate of drug-likeness (QED) is 0.843. The molecule has 6 nitrogen and oxygen atoms in total. The number of aromatic nitrogens is 1.